The highest BCUT2D eigenvalue weighted by Crippen LogP contribution is 2.25. The van der Waals surface area contributed by atoms with Gasteiger partial charge < -0.3 is 9.80 Å². The monoisotopic (exact) mass is 295 g/mol. The maximum Gasteiger partial charge on any atom is 0.241 e. The number of carbonyl (C=O) groups is 1. The Morgan fingerprint density at radius 3 is 2.29 bits per heavy atom. The van der Waals surface area contributed by atoms with E-state index in [2.05, 4.69) is 49.9 Å². The van der Waals surface area contributed by atoms with Crippen LogP contribution < -0.4 is 5.32 Å². The molecule has 4 heteroatoms. The Hall–Kier alpha value is -0.610. The van der Waals surface area contributed by atoms with E-state index < -0.39 is 0 Å². The molecule has 2 unspecified atom stereocenters. The minimum atomic E-state index is 0.00916. The van der Waals surface area contributed by atoms with E-state index in [1.807, 2.05) is 0 Å². The summed E-state index contributed by atoms with van der Waals surface area (Å²) in [5.41, 5.74) is 0. The Labute approximate surface area is 130 Å². The Balaban J connectivity index is 1.91. The molecule has 2 aliphatic heterocycles. The van der Waals surface area contributed by atoms with Crippen LogP contribution in [0.15, 0.2) is 0 Å². The third-order valence-corrected chi connectivity index (χ3v) is 5.15. The summed E-state index contributed by atoms with van der Waals surface area (Å²) in [5, 5.41) is 3.55. The third kappa shape index (κ3) is 3.98. The number of rotatable bonds is 5. The molecule has 0 aromatic carbocycles. The van der Waals surface area contributed by atoms with Crippen LogP contribution in [0.3, 0.4) is 0 Å². The first-order valence-electron chi connectivity index (χ1n) is 8.65. The highest BCUT2D eigenvalue weighted by molar-refractivity contribution is 5.84. The van der Waals surface area contributed by atoms with Crippen LogP contribution in [-0.4, -0.2) is 54.6 Å². The van der Waals surface area contributed by atoms with E-state index in [1.54, 1.807) is 0 Å². The van der Waals surface area contributed by atoms with Crippen molar-refractivity contribution in [3.63, 3.8) is 0 Å². The van der Waals surface area contributed by atoms with E-state index in [9.17, 15) is 4.79 Å². The van der Waals surface area contributed by atoms with Crippen molar-refractivity contribution in [2.24, 2.45) is 17.8 Å². The van der Waals surface area contributed by atoms with Gasteiger partial charge in [0.15, 0.2) is 0 Å². The highest BCUT2D eigenvalue weighted by atomic mass is 16.2. The number of nitrogens with one attached hydrogen (secondary N) is 1. The van der Waals surface area contributed by atoms with Gasteiger partial charge in [0, 0.05) is 6.54 Å². The summed E-state index contributed by atoms with van der Waals surface area (Å²) in [6, 6.07) is 0.00916. The minimum Gasteiger partial charge on any atom is -0.326 e. The van der Waals surface area contributed by atoms with E-state index in [4.69, 9.17) is 0 Å². The SMILES string of the molecule is CC(C)C1NC(C(C)C)N(CCC2CCN(C)CC2)C1=O. The molecular formula is C17H33N3O. The second-order valence-corrected chi connectivity index (χ2v) is 7.64. The lowest BCUT2D eigenvalue weighted by Gasteiger charge is -2.32. The summed E-state index contributed by atoms with van der Waals surface area (Å²) in [7, 11) is 2.20. The molecule has 0 radical (unpaired) electrons. The molecule has 0 aliphatic carbocycles. The molecule has 0 saturated carbocycles. The Morgan fingerprint density at radius 1 is 1.14 bits per heavy atom. The molecule has 0 aromatic rings. The smallest absolute Gasteiger partial charge is 0.241 e. The second kappa shape index (κ2) is 7.10. The molecule has 2 aliphatic rings. The molecule has 2 rings (SSSR count). The van der Waals surface area contributed by atoms with Gasteiger partial charge in [-0.05, 0) is 57.2 Å². The van der Waals surface area contributed by atoms with Crippen LogP contribution >= 0.6 is 0 Å². The predicted molar refractivity (Wildman–Crippen MR) is 86.9 cm³/mol. The van der Waals surface area contributed by atoms with Gasteiger partial charge in [-0.25, -0.2) is 0 Å². The number of amides is 1. The van der Waals surface area contributed by atoms with Crippen LogP contribution in [0, 0.1) is 17.8 Å². The van der Waals surface area contributed by atoms with E-state index in [0.29, 0.717) is 17.7 Å². The predicted octanol–water partition coefficient (Wildman–Crippen LogP) is 2.16. The molecule has 0 bridgehead atoms. The lowest BCUT2D eigenvalue weighted by atomic mass is 9.93. The number of piperidine rings is 1. The topological polar surface area (TPSA) is 35.6 Å². The van der Waals surface area contributed by atoms with Crippen molar-refractivity contribution < 1.29 is 4.79 Å². The second-order valence-electron chi connectivity index (χ2n) is 7.64. The number of carbonyl (C=O) groups excluding carboxylic acids is 1. The summed E-state index contributed by atoms with van der Waals surface area (Å²) in [4.78, 5) is 17.2. The van der Waals surface area contributed by atoms with Crippen molar-refractivity contribution in [2.75, 3.05) is 26.7 Å². The van der Waals surface area contributed by atoms with Gasteiger partial charge >= 0.3 is 0 Å². The quantitative estimate of drug-likeness (QED) is 0.844. The van der Waals surface area contributed by atoms with E-state index in [1.165, 1.54) is 25.9 Å². The first kappa shape index (κ1) is 16.8. The fourth-order valence-corrected chi connectivity index (χ4v) is 3.61. The van der Waals surface area contributed by atoms with Crippen molar-refractivity contribution in [3.05, 3.63) is 0 Å². The van der Waals surface area contributed by atoms with Gasteiger partial charge in [-0.3, -0.25) is 10.1 Å². The fourth-order valence-electron chi connectivity index (χ4n) is 3.61. The Bertz CT molecular complexity index is 348. The normalized spacial score (nSPS) is 29.1. The van der Waals surface area contributed by atoms with Crippen LogP contribution in [0.4, 0.5) is 0 Å². The minimum absolute atomic E-state index is 0.00916. The van der Waals surface area contributed by atoms with E-state index >= 15 is 0 Å². The molecule has 2 fully saturated rings. The summed E-state index contributed by atoms with van der Waals surface area (Å²) in [6.45, 7) is 12.0. The average Bonchev–Trinajstić information content (AvgIpc) is 2.76. The molecule has 0 spiro atoms. The van der Waals surface area contributed by atoms with Gasteiger partial charge in [-0.2, -0.15) is 0 Å². The van der Waals surface area contributed by atoms with Crippen molar-refractivity contribution in [3.8, 4) is 0 Å². The number of hydrogen-bond acceptors (Lipinski definition) is 3. The first-order chi connectivity index (χ1) is 9.90. The summed E-state index contributed by atoms with van der Waals surface area (Å²) in [5.74, 6) is 1.94. The molecule has 1 N–H and O–H groups in total. The molecule has 0 aromatic heterocycles. The largest absolute Gasteiger partial charge is 0.326 e. The van der Waals surface area contributed by atoms with Crippen molar-refractivity contribution in [1.29, 1.82) is 0 Å². The van der Waals surface area contributed by atoms with E-state index in [0.717, 1.165) is 18.9 Å². The van der Waals surface area contributed by atoms with Gasteiger partial charge in [-0.15, -0.1) is 0 Å². The molecular weight excluding hydrogens is 262 g/mol. The summed E-state index contributed by atoms with van der Waals surface area (Å²) in [6.07, 6.45) is 3.95. The summed E-state index contributed by atoms with van der Waals surface area (Å²) < 4.78 is 0. The molecule has 2 heterocycles. The highest BCUT2D eigenvalue weighted by Gasteiger charge is 2.41. The molecule has 4 nitrogen and oxygen atoms in total. The number of nitrogens with zero attached hydrogens (tertiary/aromatic N) is 2. The lowest BCUT2D eigenvalue weighted by Crippen LogP contribution is -2.43. The number of likely N-dealkylation sites (tertiary alicyclic amines) is 1. The van der Waals surface area contributed by atoms with Crippen molar-refractivity contribution >= 4 is 5.91 Å². The van der Waals surface area contributed by atoms with Crippen molar-refractivity contribution in [1.82, 2.24) is 15.1 Å². The molecule has 2 saturated heterocycles. The van der Waals surface area contributed by atoms with Crippen LogP contribution in [-0.2, 0) is 4.79 Å². The maximum absolute atomic E-state index is 12.6. The first-order valence-corrected chi connectivity index (χ1v) is 8.65. The van der Waals surface area contributed by atoms with Gasteiger partial charge in [-0.1, -0.05) is 27.7 Å². The van der Waals surface area contributed by atoms with Gasteiger partial charge in [0.25, 0.3) is 0 Å². The van der Waals surface area contributed by atoms with Gasteiger partial charge in [0.1, 0.15) is 0 Å². The van der Waals surface area contributed by atoms with Crippen LogP contribution in [0.5, 0.6) is 0 Å². The molecule has 1 amide bonds. The fraction of sp³-hybridized carbons (Fsp3) is 0.941. The van der Waals surface area contributed by atoms with Gasteiger partial charge in [0.2, 0.25) is 5.91 Å². The van der Waals surface area contributed by atoms with Crippen LogP contribution in [0.1, 0.15) is 47.0 Å². The Morgan fingerprint density at radius 2 is 1.76 bits per heavy atom. The zero-order valence-corrected chi connectivity index (χ0v) is 14.4. The lowest BCUT2D eigenvalue weighted by molar-refractivity contribution is -0.131. The van der Waals surface area contributed by atoms with Crippen LogP contribution in [0.2, 0.25) is 0 Å². The third-order valence-electron chi connectivity index (χ3n) is 5.15. The Kier molecular flexibility index (Phi) is 5.67. The molecule has 2 atom stereocenters. The molecule has 122 valence electrons. The molecule has 21 heavy (non-hydrogen) atoms. The standard InChI is InChI=1S/C17H33N3O/c1-12(2)15-17(21)20(16(18-15)13(3)4)11-8-14-6-9-19(5)10-7-14/h12-16,18H,6-11H2,1-5H3. The number of hydrogen-bond donors (Lipinski definition) is 1. The van der Waals surface area contributed by atoms with E-state index in [-0.39, 0.29) is 12.2 Å². The zero-order valence-electron chi connectivity index (χ0n) is 14.4. The zero-order chi connectivity index (χ0) is 15.6. The van der Waals surface area contributed by atoms with Gasteiger partial charge in [0.05, 0.1) is 12.2 Å². The summed E-state index contributed by atoms with van der Waals surface area (Å²) >= 11 is 0. The maximum atomic E-state index is 12.6. The average molecular weight is 295 g/mol. The van der Waals surface area contributed by atoms with Crippen LogP contribution in [0.25, 0.3) is 0 Å². The van der Waals surface area contributed by atoms with Crippen molar-refractivity contribution in [2.45, 2.75) is 59.2 Å².